The van der Waals surface area contributed by atoms with Crippen LogP contribution in [-0.2, 0) is 4.74 Å². The van der Waals surface area contributed by atoms with Gasteiger partial charge in [-0.1, -0.05) is 25.7 Å². The Hall–Kier alpha value is -1.50. The topological polar surface area (TPSA) is 38.7 Å². The molecule has 0 saturated carbocycles. The first-order valence-corrected chi connectivity index (χ1v) is 7.04. The summed E-state index contributed by atoms with van der Waals surface area (Å²) in [6, 6.07) is 5.84. The number of rotatable bonds is 7. The molecule has 1 aromatic carbocycles. The number of hydrogen-bond acceptors (Lipinski definition) is 3. The van der Waals surface area contributed by atoms with E-state index in [0.717, 1.165) is 23.5 Å². The molecular formula is C17H24O3. The molecule has 1 rings (SSSR count). The van der Waals surface area contributed by atoms with Crippen molar-refractivity contribution >= 4 is 0 Å². The predicted molar refractivity (Wildman–Crippen MR) is 80.9 cm³/mol. The first-order valence-electron chi connectivity index (χ1n) is 7.04. The van der Waals surface area contributed by atoms with Crippen LogP contribution in [0, 0.1) is 24.7 Å². The van der Waals surface area contributed by atoms with E-state index in [1.54, 1.807) is 0 Å². The highest BCUT2D eigenvalue weighted by atomic mass is 16.5. The van der Waals surface area contributed by atoms with Crippen LogP contribution in [0.5, 0.6) is 5.75 Å². The van der Waals surface area contributed by atoms with Gasteiger partial charge in [0.25, 0.3) is 0 Å². The molecule has 0 atom stereocenters. The van der Waals surface area contributed by atoms with E-state index < -0.39 is 0 Å². The molecule has 0 heterocycles. The monoisotopic (exact) mass is 276 g/mol. The highest BCUT2D eigenvalue weighted by molar-refractivity contribution is 5.44. The predicted octanol–water partition coefficient (Wildman–Crippen LogP) is 2.78. The van der Waals surface area contributed by atoms with Gasteiger partial charge in [0.15, 0.2) is 0 Å². The van der Waals surface area contributed by atoms with Gasteiger partial charge in [-0.05, 0) is 36.6 Å². The lowest BCUT2D eigenvalue weighted by Crippen LogP contribution is -2.10. The number of hydrogen-bond donors (Lipinski definition) is 1. The lowest BCUT2D eigenvalue weighted by Gasteiger charge is -2.09. The lowest BCUT2D eigenvalue weighted by atomic mass is 10.1. The normalized spacial score (nSPS) is 10.2. The maximum absolute atomic E-state index is 8.70. The quantitative estimate of drug-likeness (QED) is 0.615. The average Bonchev–Trinajstić information content (AvgIpc) is 2.40. The molecule has 3 heteroatoms. The standard InChI is InChI=1S/C17H24O3/c1-14(2)13-19-10-11-20-17-8-7-16(15(3)12-17)6-4-5-9-18/h7-8,12,14,18H,5,9-11,13H2,1-3H3. The summed E-state index contributed by atoms with van der Waals surface area (Å²) in [6.07, 6.45) is 0.505. The van der Waals surface area contributed by atoms with Gasteiger partial charge in [-0.3, -0.25) is 0 Å². The van der Waals surface area contributed by atoms with E-state index in [2.05, 4.69) is 25.7 Å². The Morgan fingerprint density at radius 3 is 2.70 bits per heavy atom. The number of ether oxygens (including phenoxy) is 2. The fourth-order valence-corrected chi connectivity index (χ4v) is 1.62. The van der Waals surface area contributed by atoms with E-state index in [4.69, 9.17) is 14.6 Å². The highest BCUT2D eigenvalue weighted by Crippen LogP contribution is 2.16. The summed E-state index contributed by atoms with van der Waals surface area (Å²) >= 11 is 0. The molecular weight excluding hydrogens is 252 g/mol. The Balaban J connectivity index is 2.41. The fraction of sp³-hybridized carbons (Fsp3) is 0.529. The van der Waals surface area contributed by atoms with Crippen LogP contribution in [0.2, 0.25) is 0 Å². The molecule has 0 radical (unpaired) electrons. The van der Waals surface area contributed by atoms with Crippen molar-refractivity contribution in [3.8, 4) is 17.6 Å². The van der Waals surface area contributed by atoms with Crippen molar-refractivity contribution in [2.75, 3.05) is 26.4 Å². The van der Waals surface area contributed by atoms with Gasteiger partial charge in [0.1, 0.15) is 12.4 Å². The molecule has 0 aliphatic heterocycles. The van der Waals surface area contributed by atoms with Crippen LogP contribution in [-0.4, -0.2) is 31.5 Å². The van der Waals surface area contributed by atoms with Crippen LogP contribution in [0.3, 0.4) is 0 Å². The number of benzene rings is 1. The molecule has 0 saturated heterocycles. The number of aliphatic hydroxyl groups is 1. The third kappa shape index (κ3) is 6.60. The third-order valence-electron chi connectivity index (χ3n) is 2.61. The van der Waals surface area contributed by atoms with Crippen molar-refractivity contribution in [1.29, 1.82) is 0 Å². The van der Waals surface area contributed by atoms with Crippen LogP contribution in [0.1, 0.15) is 31.4 Å². The number of aryl methyl sites for hydroxylation is 1. The van der Waals surface area contributed by atoms with Gasteiger partial charge in [0.2, 0.25) is 0 Å². The minimum Gasteiger partial charge on any atom is -0.491 e. The van der Waals surface area contributed by atoms with Crippen LogP contribution < -0.4 is 4.74 Å². The Bertz CT molecular complexity index is 455. The van der Waals surface area contributed by atoms with Crippen LogP contribution in [0.4, 0.5) is 0 Å². The zero-order valence-electron chi connectivity index (χ0n) is 12.6. The van der Waals surface area contributed by atoms with E-state index in [1.807, 2.05) is 25.1 Å². The van der Waals surface area contributed by atoms with Crippen molar-refractivity contribution in [1.82, 2.24) is 0 Å². The second-order valence-electron chi connectivity index (χ2n) is 5.07. The zero-order valence-corrected chi connectivity index (χ0v) is 12.6. The largest absolute Gasteiger partial charge is 0.491 e. The third-order valence-corrected chi connectivity index (χ3v) is 2.61. The maximum atomic E-state index is 8.70. The van der Waals surface area contributed by atoms with Crippen molar-refractivity contribution in [2.45, 2.75) is 27.2 Å². The molecule has 110 valence electrons. The molecule has 0 aliphatic rings. The minimum absolute atomic E-state index is 0.101. The van der Waals surface area contributed by atoms with Crippen molar-refractivity contribution in [2.24, 2.45) is 5.92 Å². The lowest BCUT2D eigenvalue weighted by molar-refractivity contribution is 0.0819. The molecule has 1 aromatic rings. The van der Waals surface area contributed by atoms with Gasteiger partial charge in [0.05, 0.1) is 13.2 Å². The molecule has 0 fully saturated rings. The molecule has 0 aromatic heterocycles. The Labute approximate surface area is 121 Å². The van der Waals surface area contributed by atoms with Crippen LogP contribution in [0.15, 0.2) is 18.2 Å². The van der Waals surface area contributed by atoms with Crippen molar-refractivity contribution in [3.05, 3.63) is 29.3 Å². The van der Waals surface area contributed by atoms with E-state index in [1.165, 1.54) is 0 Å². The van der Waals surface area contributed by atoms with E-state index in [-0.39, 0.29) is 6.61 Å². The van der Waals surface area contributed by atoms with E-state index in [9.17, 15) is 0 Å². The van der Waals surface area contributed by atoms with E-state index >= 15 is 0 Å². The first-order chi connectivity index (χ1) is 9.63. The molecule has 0 unspecified atom stereocenters. The average molecular weight is 276 g/mol. The Morgan fingerprint density at radius 1 is 1.25 bits per heavy atom. The van der Waals surface area contributed by atoms with E-state index in [0.29, 0.717) is 25.6 Å². The molecule has 3 nitrogen and oxygen atoms in total. The van der Waals surface area contributed by atoms with Gasteiger partial charge in [-0.2, -0.15) is 0 Å². The fourth-order valence-electron chi connectivity index (χ4n) is 1.62. The van der Waals surface area contributed by atoms with Crippen LogP contribution >= 0.6 is 0 Å². The van der Waals surface area contributed by atoms with Gasteiger partial charge >= 0.3 is 0 Å². The van der Waals surface area contributed by atoms with Gasteiger partial charge in [-0.25, -0.2) is 0 Å². The highest BCUT2D eigenvalue weighted by Gasteiger charge is 1.99. The van der Waals surface area contributed by atoms with Gasteiger partial charge < -0.3 is 14.6 Å². The summed E-state index contributed by atoms with van der Waals surface area (Å²) in [6.45, 7) is 8.29. The summed E-state index contributed by atoms with van der Waals surface area (Å²) in [5, 5.41) is 8.70. The second-order valence-corrected chi connectivity index (χ2v) is 5.07. The summed E-state index contributed by atoms with van der Waals surface area (Å²) in [5.74, 6) is 7.35. The molecule has 1 N–H and O–H groups in total. The second kappa shape index (κ2) is 9.41. The first kappa shape index (κ1) is 16.6. The van der Waals surface area contributed by atoms with Gasteiger partial charge in [0, 0.05) is 18.6 Å². The molecule has 0 bridgehead atoms. The summed E-state index contributed by atoms with van der Waals surface area (Å²) in [5.41, 5.74) is 2.05. The SMILES string of the molecule is Cc1cc(OCCOCC(C)C)ccc1C#CCCO. The minimum atomic E-state index is 0.101. The zero-order chi connectivity index (χ0) is 14.8. The summed E-state index contributed by atoms with van der Waals surface area (Å²) in [7, 11) is 0. The smallest absolute Gasteiger partial charge is 0.119 e. The number of aliphatic hydroxyl groups excluding tert-OH is 1. The van der Waals surface area contributed by atoms with Crippen LogP contribution in [0.25, 0.3) is 0 Å². The molecule has 0 aliphatic carbocycles. The van der Waals surface area contributed by atoms with Gasteiger partial charge in [-0.15, -0.1) is 0 Å². The molecule has 0 spiro atoms. The molecule has 20 heavy (non-hydrogen) atoms. The Morgan fingerprint density at radius 2 is 2.05 bits per heavy atom. The summed E-state index contributed by atoms with van der Waals surface area (Å²) < 4.78 is 11.1. The molecule has 0 amide bonds. The van der Waals surface area contributed by atoms with Crippen molar-refractivity contribution in [3.63, 3.8) is 0 Å². The summed E-state index contributed by atoms with van der Waals surface area (Å²) in [4.78, 5) is 0. The Kier molecular flexibility index (Phi) is 7.79. The maximum Gasteiger partial charge on any atom is 0.119 e. The van der Waals surface area contributed by atoms with Crippen molar-refractivity contribution < 1.29 is 14.6 Å².